The van der Waals surface area contributed by atoms with E-state index >= 15 is 0 Å². The molecule has 1 aliphatic heterocycles. The molecule has 0 spiro atoms. The van der Waals surface area contributed by atoms with Crippen molar-refractivity contribution in [1.82, 2.24) is 14.1 Å². The van der Waals surface area contributed by atoms with Crippen LogP contribution >= 0.6 is 0 Å². The predicted molar refractivity (Wildman–Crippen MR) is 90.3 cm³/mol. The standard InChI is InChI=1S/C16H19F3N4O2S/c1-2-22-12-15(11-20-22)26(24,25)23-8-6-21(7-9-23)14-5-3-4-13(10-14)16(17,18)19/h3-5,10-12H,2,6-9H2,1H3. The number of benzene rings is 1. The average Bonchev–Trinajstić information content (AvgIpc) is 3.11. The van der Waals surface area contributed by atoms with Crippen LogP contribution in [0.2, 0.25) is 0 Å². The number of sulfonamides is 1. The minimum absolute atomic E-state index is 0.131. The normalized spacial score (nSPS) is 16.8. The fourth-order valence-corrected chi connectivity index (χ4v) is 4.24. The number of hydrogen-bond donors (Lipinski definition) is 0. The van der Waals surface area contributed by atoms with E-state index in [1.165, 1.54) is 27.4 Å². The molecule has 3 rings (SSSR count). The summed E-state index contributed by atoms with van der Waals surface area (Å²) in [6.45, 7) is 3.48. The number of aromatic nitrogens is 2. The van der Waals surface area contributed by atoms with Gasteiger partial charge in [-0.1, -0.05) is 6.07 Å². The number of hydrogen-bond acceptors (Lipinski definition) is 4. The first kappa shape index (κ1) is 18.7. The van der Waals surface area contributed by atoms with Crippen LogP contribution in [0.5, 0.6) is 0 Å². The molecule has 0 aliphatic carbocycles. The van der Waals surface area contributed by atoms with Crippen LogP contribution in [0.25, 0.3) is 0 Å². The third-order valence-electron chi connectivity index (χ3n) is 4.35. The topological polar surface area (TPSA) is 58.4 Å². The monoisotopic (exact) mass is 388 g/mol. The Bertz CT molecular complexity index is 872. The third kappa shape index (κ3) is 3.70. The SMILES string of the molecule is CCn1cc(S(=O)(=O)N2CCN(c3cccc(C(F)(F)F)c3)CC2)cn1. The Morgan fingerprint density at radius 3 is 2.42 bits per heavy atom. The van der Waals surface area contributed by atoms with Crippen molar-refractivity contribution >= 4 is 15.7 Å². The fraction of sp³-hybridized carbons (Fsp3) is 0.438. The van der Waals surface area contributed by atoms with Gasteiger partial charge in [-0.3, -0.25) is 4.68 Å². The Labute approximate surface area is 149 Å². The minimum atomic E-state index is -4.40. The van der Waals surface area contributed by atoms with Crippen LogP contribution < -0.4 is 4.90 Å². The lowest BCUT2D eigenvalue weighted by molar-refractivity contribution is -0.137. The van der Waals surface area contributed by atoms with Gasteiger partial charge in [0.25, 0.3) is 0 Å². The number of rotatable bonds is 4. The smallest absolute Gasteiger partial charge is 0.369 e. The van der Waals surface area contributed by atoms with Crippen molar-refractivity contribution in [2.45, 2.75) is 24.5 Å². The highest BCUT2D eigenvalue weighted by Crippen LogP contribution is 2.32. The molecule has 0 unspecified atom stereocenters. The van der Waals surface area contributed by atoms with Gasteiger partial charge in [0.1, 0.15) is 4.90 Å². The molecule has 1 aromatic heterocycles. The van der Waals surface area contributed by atoms with Gasteiger partial charge in [-0.25, -0.2) is 8.42 Å². The lowest BCUT2D eigenvalue weighted by atomic mass is 10.1. The van der Waals surface area contributed by atoms with Crippen LogP contribution in [-0.4, -0.2) is 48.7 Å². The molecule has 0 bridgehead atoms. The Morgan fingerprint density at radius 1 is 1.15 bits per heavy atom. The first-order chi connectivity index (χ1) is 12.2. The highest BCUT2D eigenvalue weighted by atomic mass is 32.2. The van der Waals surface area contributed by atoms with E-state index in [4.69, 9.17) is 0 Å². The summed E-state index contributed by atoms with van der Waals surface area (Å²) in [6, 6.07) is 5.08. The van der Waals surface area contributed by atoms with Crippen LogP contribution in [0.3, 0.4) is 0 Å². The molecule has 2 aromatic rings. The van der Waals surface area contributed by atoms with E-state index < -0.39 is 21.8 Å². The van der Waals surface area contributed by atoms with E-state index in [0.717, 1.165) is 12.1 Å². The van der Waals surface area contributed by atoms with Crippen molar-refractivity contribution in [3.8, 4) is 0 Å². The van der Waals surface area contributed by atoms with Crippen LogP contribution in [-0.2, 0) is 22.7 Å². The predicted octanol–water partition coefficient (Wildman–Crippen LogP) is 2.43. The third-order valence-corrected chi connectivity index (χ3v) is 6.20. The summed E-state index contributed by atoms with van der Waals surface area (Å²) >= 11 is 0. The van der Waals surface area contributed by atoms with Crippen molar-refractivity contribution in [1.29, 1.82) is 0 Å². The average molecular weight is 388 g/mol. The molecule has 10 heteroatoms. The largest absolute Gasteiger partial charge is 0.416 e. The van der Waals surface area contributed by atoms with Crippen LogP contribution in [0.4, 0.5) is 18.9 Å². The van der Waals surface area contributed by atoms with E-state index in [1.807, 2.05) is 6.92 Å². The first-order valence-corrected chi connectivity index (χ1v) is 9.60. The number of anilines is 1. The lowest BCUT2D eigenvalue weighted by Crippen LogP contribution is -2.48. The molecule has 2 heterocycles. The molecule has 1 saturated heterocycles. The summed E-state index contributed by atoms with van der Waals surface area (Å²) in [4.78, 5) is 1.89. The van der Waals surface area contributed by atoms with Gasteiger partial charge in [0.15, 0.2) is 0 Å². The Morgan fingerprint density at radius 2 is 1.85 bits per heavy atom. The molecule has 0 radical (unpaired) electrons. The highest BCUT2D eigenvalue weighted by molar-refractivity contribution is 7.89. The van der Waals surface area contributed by atoms with E-state index in [-0.39, 0.29) is 18.0 Å². The summed E-state index contributed by atoms with van der Waals surface area (Å²) < 4.78 is 66.8. The second-order valence-electron chi connectivity index (χ2n) is 5.97. The number of aryl methyl sites for hydroxylation is 1. The van der Waals surface area contributed by atoms with Gasteiger partial charge < -0.3 is 4.90 Å². The summed E-state index contributed by atoms with van der Waals surface area (Å²) in [5, 5.41) is 3.98. The molecule has 0 N–H and O–H groups in total. The molecule has 0 saturated carbocycles. The van der Waals surface area contributed by atoms with Gasteiger partial charge in [0.05, 0.1) is 11.8 Å². The van der Waals surface area contributed by atoms with Gasteiger partial charge in [0, 0.05) is 44.6 Å². The van der Waals surface area contributed by atoms with Crippen LogP contribution in [0.15, 0.2) is 41.6 Å². The number of halogens is 3. The van der Waals surface area contributed by atoms with Crippen molar-refractivity contribution < 1.29 is 21.6 Å². The molecular formula is C16H19F3N4O2S. The second-order valence-corrected chi connectivity index (χ2v) is 7.91. The van der Waals surface area contributed by atoms with Crippen molar-refractivity contribution in [3.63, 3.8) is 0 Å². The molecule has 0 amide bonds. The number of piperazine rings is 1. The van der Waals surface area contributed by atoms with Gasteiger partial charge in [-0.15, -0.1) is 0 Å². The van der Waals surface area contributed by atoms with Crippen LogP contribution in [0, 0.1) is 0 Å². The summed E-state index contributed by atoms with van der Waals surface area (Å²) in [7, 11) is -3.64. The molecule has 26 heavy (non-hydrogen) atoms. The summed E-state index contributed by atoms with van der Waals surface area (Å²) in [5.74, 6) is 0. The Hall–Kier alpha value is -2.07. The maximum atomic E-state index is 12.9. The molecule has 0 atom stereocenters. The molecule has 1 aromatic carbocycles. The maximum Gasteiger partial charge on any atom is 0.416 e. The Kier molecular flexibility index (Phi) is 4.98. The second kappa shape index (κ2) is 6.92. The van der Waals surface area contributed by atoms with Gasteiger partial charge in [0.2, 0.25) is 10.0 Å². The number of alkyl halides is 3. The van der Waals surface area contributed by atoms with E-state index in [2.05, 4.69) is 5.10 Å². The zero-order valence-electron chi connectivity index (χ0n) is 14.1. The first-order valence-electron chi connectivity index (χ1n) is 8.16. The zero-order chi connectivity index (χ0) is 18.9. The molecule has 1 aliphatic rings. The van der Waals surface area contributed by atoms with Crippen molar-refractivity contribution in [2.75, 3.05) is 31.1 Å². The minimum Gasteiger partial charge on any atom is -0.369 e. The van der Waals surface area contributed by atoms with E-state index in [0.29, 0.717) is 25.3 Å². The maximum absolute atomic E-state index is 12.9. The van der Waals surface area contributed by atoms with E-state index in [9.17, 15) is 21.6 Å². The molecule has 6 nitrogen and oxygen atoms in total. The quantitative estimate of drug-likeness (QED) is 0.807. The number of nitrogens with zero attached hydrogens (tertiary/aromatic N) is 4. The fourth-order valence-electron chi connectivity index (χ4n) is 2.87. The summed E-state index contributed by atoms with van der Waals surface area (Å²) in [6.07, 6.45) is -1.60. The van der Waals surface area contributed by atoms with Crippen molar-refractivity contribution in [2.24, 2.45) is 0 Å². The van der Waals surface area contributed by atoms with Gasteiger partial charge in [-0.2, -0.15) is 22.6 Å². The van der Waals surface area contributed by atoms with Crippen molar-refractivity contribution in [3.05, 3.63) is 42.2 Å². The van der Waals surface area contributed by atoms with Crippen LogP contribution in [0.1, 0.15) is 12.5 Å². The highest BCUT2D eigenvalue weighted by Gasteiger charge is 2.32. The summed E-state index contributed by atoms with van der Waals surface area (Å²) in [5.41, 5.74) is -0.271. The Balaban J connectivity index is 1.71. The lowest BCUT2D eigenvalue weighted by Gasteiger charge is -2.35. The zero-order valence-corrected chi connectivity index (χ0v) is 15.0. The van der Waals surface area contributed by atoms with E-state index in [1.54, 1.807) is 11.0 Å². The van der Waals surface area contributed by atoms with Gasteiger partial charge >= 0.3 is 6.18 Å². The molecule has 1 fully saturated rings. The molecule has 142 valence electrons. The van der Waals surface area contributed by atoms with Gasteiger partial charge in [-0.05, 0) is 25.1 Å². The molecular weight excluding hydrogens is 369 g/mol.